The van der Waals surface area contributed by atoms with Crippen molar-refractivity contribution in [1.82, 2.24) is 9.55 Å². The first kappa shape index (κ1) is 20.3. The van der Waals surface area contributed by atoms with E-state index in [0.29, 0.717) is 22.3 Å². The third kappa shape index (κ3) is 4.46. The lowest BCUT2D eigenvalue weighted by Crippen LogP contribution is -2.20. The summed E-state index contributed by atoms with van der Waals surface area (Å²) in [4.78, 5) is 28.4. The van der Waals surface area contributed by atoms with E-state index < -0.39 is 24.0 Å². The Hall–Kier alpha value is -3.97. The Morgan fingerprint density at radius 3 is 2.23 bits per heavy atom. The lowest BCUT2D eigenvalue weighted by atomic mass is 10.0. The highest BCUT2D eigenvalue weighted by molar-refractivity contribution is 5.96. The van der Waals surface area contributed by atoms with Crippen molar-refractivity contribution < 1.29 is 19.8 Å². The van der Waals surface area contributed by atoms with Crippen LogP contribution in [0.2, 0.25) is 0 Å². The van der Waals surface area contributed by atoms with Gasteiger partial charge in [0, 0.05) is 5.69 Å². The molecule has 0 aliphatic rings. The van der Waals surface area contributed by atoms with E-state index in [2.05, 4.69) is 10.3 Å². The number of aromatic nitrogens is 2. The van der Waals surface area contributed by atoms with Gasteiger partial charge in [0.25, 0.3) is 5.91 Å². The molecule has 4 aromatic rings. The summed E-state index contributed by atoms with van der Waals surface area (Å²) < 4.78 is 1.79. The molecule has 1 aromatic heterocycles. The zero-order valence-corrected chi connectivity index (χ0v) is 16.6. The fraction of sp³-hybridized carbons (Fsp3) is 0.125. The SMILES string of the molecule is O=C(O)CC(c1ccccc1)n1cnc2ccc(NC(=O)C(O)c3ccccc3)cc21. The molecule has 3 N–H and O–H groups in total. The summed E-state index contributed by atoms with van der Waals surface area (Å²) in [7, 11) is 0. The number of nitrogens with zero attached hydrogens (tertiary/aromatic N) is 2. The molecule has 1 heterocycles. The number of benzene rings is 3. The molecule has 0 saturated carbocycles. The fourth-order valence-corrected chi connectivity index (χ4v) is 3.57. The minimum atomic E-state index is -1.30. The van der Waals surface area contributed by atoms with Crippen molar-refractivity contribution in [1.29, 1.82) is 0 Å². The van der Waals surface area contributed by atoms with Crippen LogP contribution in [-0.4, -0.2) is 31.6 Å². The first-order chi connectivity index (χ1) is 15.0. The van der Waals surface area contributed by atoms with E-state index in [1.807, 2.05) is 36.4 Å². The molecule has 0 bridgehead atoms. The number of aliphatic hydroxyl groups excluding tert-OH is 1. The van der Waals surface area contributed by atoms with Crippen LogP contribution in [0, 0.1) is 0 Å². The molecule has 0 spiro atoms. The Balaban J connectivity index is 1.65. The number of carboxylic acids is 1. The number of hydrogen-bond acceptors (Lipinski definition) is 4. The Labute approximate surface area is 178 Å². The van der Waals surface area contributed by atoms with Crippen LogP contribution >= 0.6 is 0 Å². The lowest BCUT2D eigenvalue weighted by molar-refractivity contribution is -0.137. The van der Waals surface area contributed by atoms with Crippen molar-refractivity contribution in [2.75, 3.05) is 5.32 Å². The van der Waals surface area contributed by atoms with Crippen molar-refractivity contribution >= 4 is 28.6 Å². The minimum Gasteiger partial charge on any atom is -0.481 e. The molecule has 2 unspecified atom stereocenters. The normalized spacial score (nSPS) is 12.9. The molecule has 31 heavy (non-hydrogen) atoms. The molecule has 0 aliphatic carbocycles. The van der Waals surface area contributed by atoms with E-state index in [0.717, 1.165) is 5.56 Å². The van der Waals surface area contributed by atoms with E-state index in [1.54, 1.807) is 53.4 Å². The summed E-state index contributed by atoms with van der Waals surface area (Å²) in [5.74, 6) is -1.48. The maximum absolute atomic E-state index is 12.5. The summed E-state index contributed by atoms with van der Waals surface area (Å²) in [5, 5.41) is 22.5. The highest BCUT2D eigenvalue weighted by atomic mass is 16.4. The van der Waals surface area contributed by atoms with Gasteiger partial charge in [0.1, 0.15) is 0 Å². The predicted octanol–water partition coefficient (Wildman–Crippen LogP) is 3.77. The Morgan fingerprint density at radius 1 is 0.935 bits per heavy atom. The van der Waals surface area contributed by atoms with Crippen LogP contribution in [-0.2, 0) is 9.59 Å². The maximum Gasteiger partial charge on any atom is 0.305 e. The van der Waals surface area contributed by atoms with E-state index >= 15 is 0 Å². The molecule has 156 valence electrons. The smallest absolute Gasteiger partial charge is 0.305 e. The van der Waals surface area contributed by atoms with Crippen LogP contribution in [0.4, 0.5) is 5.69 Å². The van der Waals surface area contributed by atoms with Crippen LogP contribution in [0.5, 0.6) is 0 Å². The molecule has 7 nitrogen and oxygen atoms in total. The van der Waals surface area contributed by atoms with Crippen LogP contribution in [0.1, 0.15) is 29.7 Å². The van der Waals surface area contributed by atoms with Gasteiger partial charge in [-0.1, -0.05) is 60.7 Å². The van der Waals surface area contributed by atoms with E-state index in [4.69, 9.17) is 0 Å². The highest BCUT2D eigenvalue weighted by Gasteiger charge is 2.21. The first-order valence-corrected chi connectivity index (χ1v) is 9.80. The molecule has 0 fully saturated rings. The van der Waals surface area contributed by atoms with Gasteiger partial charge in [-0.15, -0.1) is 0 Å². The van der Waals surface area contributed by atoms with Gasteiger partial charge < -0.3 is 20.1 Å². The van der Waals surface area contributed by atoms with Crippen molar-refractivity contribution in [3.8, 4) is 0 Å². The number of aliphatic carboxylic acids is 1. The number of rotatable bonds is 7. The van der Waals surface area contributed by atoms with Gasteiger partial charge in [0.15, 0.2) is 6.10 Å². The van der Waals surface area contributed by atoms with Gasteiger partial charge in [-0.2, -0.15) is 0 Å². The molecule has 1 amide bonds. The standard InChI is InChI=1S/C24H21N3O4/c28-22(29)14-20(16-7-3-1-4-8-16)27-15-25-19-12-11-18(13-21(19)27)26-24(31)23(30)17-9-5-2-6-10-17/h1-13,15,20,23,30H,14H2,(H,26,31)(H,28,29). The second kappa shape index (κ2) is 8.81. The largest absolute Gasteiger partial charge is 0.481 e. The number of carboxylic acid groups (broad SMARTS) is 1. The van der Waals surface area contributed by atoms with E-state index in [1.165, 1.54) is 0 Å². The van der Waals surface area contributed by atoms with Crippen LogP contribution in [0.3, 0.4) is 0 Å². The number of carbonyl (C=O) groups is 2. The van der Waals surface area contributed by atoms with Gasteiger partial charge >= 0.3 is 5.97 Å². The molecule has 2 atom stereocenters. The van der Waals surface area contributed by atoms with Crippen molar-refractivity contribution in [3.05, 3.63) is 96.3 Å². The predicted molar refractivity (Wildman–Crippen MR) is 117 cm³/mol. The van der Waals surface area contributed by atoms with Crippen molar-refractivity contribution in [3.63, 3.8) is 0 Å². The molecule has 0 saturated heterocycles. The summed E-state index contributed by atoms with van der Waals surface area (Å²) in [5.41, 5.74) is 3.18. The molecule has 4 rings (SSSR count). The second-order valence-electron chi connectivity index (χ2n) is 7.18. The second-order valence-corrected chi connectivity index (χ2v) is 7.18. The minimum absolute atomic E-state index is 0.112. The molecule has 7 heteroatoms. The molecule has 0 aliphatic heterocycles. The first-order valence-electron chi connectivity index (χ1n) is 9.80. The average molecular weight is 415 g/mol. The van der Waals surface area contributed by atoms with Gasteiger partial charge in [0.2, 0.25) is 0 Å². The van der Waals surface area contributed by atoms with Crippen LogP contribution < -0.4 is 5.32 Å². The Bertz CT molecular complexity index is 1210. The Morgan fingerprint density at radius 2 is 1.58 bits per heavy atom. The number of anilines is 1. The Kier molecular flexibility index (Phi) is 5.77. The van der Waals surface area contributed by atoms with E-state index in [-0.39, 0.29) is 6.42 Å². The topological polar surface area (TPSA) is 104 Å². The summed E-state index contributed by atoms with van der Waals surface area (Å²) in [6.45, 7) is 0. The maximum atomic E-state index is 12.5. The molecule has 0 radical (unpaired) electrons. The highest BCUT2D eigenvalue weighted by Crippen LogP contribution is 2.28. The molecular weight excluding hydrogens is 394 g/mol. The summed E-state index contributed by atoms with van der Waals surface area (Å²) in [6, 6.07) is 22.7. The zero-order valence-electron chi connectivity index (χ0n) is 16.6. The number of nitrogens with one attached hydrogen (secondary N) is 1. The third-order valence-electron chi connectivity index (χ3n) is 5.09. The van der Waals surface area contributed by atoms with Crippen LogP contribution in [0.15, 0.2) is 85.2 Å². The number of imidazole rings is 1. The number of fused-ring (bicyclic) bond motifs is 1. The number of carbonyl (C=O) groups excluding carboxylic acids is 1. The average Bonchev–Trinajstić information content (AvgIpc) is 3.21. The van der Waals surface area contributed by atoms with Gasteiger partial charge in [-0.25, -0.2) is 4.98 Å². The number of amides is 1. The quantitative estimate of drug-likeness (QED) is 0.426. The number of aliphatic hydroxyl groups is 1. The fourth-order valence-electron chi connectivity index (χ4n) is 3.57. The molecule has 3 aromatic carbocycles. The monoisotopic (exact) mass is 415 g/mol. The third-order valence-corrected chi connectivity index (χ3v) is 5.09. The van der Waals surface area contributed by atoms with Gasteiger partial charge in [-0.05, 0) is 29.3 Å². The van der Waals surface area contributed by atoms with Crippen molar-refractivity contribution in [2.24, 2.45) is 0 Å². The lowest BCUT2D eigenvalue weighted by Gasteiger charge is -2.18. The van der Waals surface area contributed by atoms with E-state index in [9.17, 15) is 19.8 Å². The molecular formula is C24H21N3O4. The summed E-state index contributed by atoms with van der Waals surface area (Å²) in [6.07, 6.45) is 0.194. The summed E-state index contributed by atoms with van der Waals surface area (Å²) >= 11 is 0. The van der Waals surface area contributed by atoms with Gasteiger partial charge in [-0.3, -0.25) is 9.59 Å². The number of hydrogen-bond donors (Lipinski definition) is 3. The van der Waals surface area contributed by atoms with Crippen molar-refractivity contribution in [2.45, 2.75) is 18.6 Å². The van der Waals surface area contributed by atoms with Gasteiger partial charge in [0.05, 0.1) is 29.8 Å². The van der Waals surface area contributed by atoms with Crippen LogP contribution in [0.25, 0.3) is 11.0 Å². The zero-order chi connectivity index (χ0) is 21.8.